The van der Waals surface area contributed by atoms with Crippen molar-refractivity contribution in [1.82, 2.24) is 25.2 Å². The molecule has 8 nitrogen and oxygen atoms in total. The highest BCUT2D eigenvalue weighted by Crippen LogP contribution is 2.32. The summed E-state index contributed by atoms with van der Waals surface area (Å²) in [6, 6.07) is 9.45. The van der Waals surface area contributed by atoms with Gasteiger partial charge in [0.2, 0.25) is 11.9 Å². The third-order valence-corrected chi connectivity index (χ3v) is 5.37. The number of carbonyl (C=O) groups is 2. The molecule has 8 heteroatoms. The first-order valence-electron chi connectivity index (χ1n) is 9.85. The highest BCUT2D eigenvalue weighted by molar-refractivity contribution is 5.97. The number of fused-ring (bicyclic) bond motifs is 1. The monoisotopic (exact) mass is 404 g/mol. The molecule has 0 fully saturated rings. The zero-order valence-corrected chi connectivity index (χ0v) is 17.2. The highest BCUT2D eigenvalue weighted by Gasteiger charge is 2.26. The lowest BCUT2D eigenvalue weighted by molar-refractivity contribution is -0.119. The fourth-order valence-electron chi connectivity index (χ4n) is 3.88. The maximum atomic E-state index is 12.3. The number of hydrogen-bond donors (Lipinski definition) is 3. The van der Waals surface area contributed by atoms with Gasteiger partial charge in [-0.05, 0) is 43.2 Å². The number of carbonyl (C=O) groups excluding carboxylic acids is 2. The van der Waals surface area contributed by atoms with Gasteiger partial charge in [0.25, 0.3) is 5.91 Å². The van der Waals surface area contributed by atoms with E-state index in [2.05, 4.69) is 30.5 Å². The molecular weight excluding hydrogens is 380 g/mol. The second kappa shape index (κ2) is 7.98. The van der Waals surface area contributed by atoms with Gasteiger partial charge in [0.15, 0.2) is 0 Å². The van der Waals surface area contributed by atoms with Crippen LogP contribution in [-0.2, 0) is 17.8 Å². The van der Waals surface area contributed by atoms with Crippen LogP contribution in [0.25, 0.3) is 11.3 Å². The summed E-state index contributed by atoms with van der Waals surface area (Å²) in [7, 11) is 1.63. The van der Waals surface area contributed by atoms with E-state index in [1.54, 1.807) is 13.2 Å². The zero-order valence-electron chi connectivity index (χ0n) is 17.2. The van der Waals surface area contributed by atoms with Gasteiger partial charge in [-0.3, -0.25) is 9.59 Å². The number of aromatic nitrogens is 3. The van der Waals surface area contributed by atoms with Crippen LogP contribution < -0.4 is 16.0 Å². The lowest BCUT2D eigenvalue weighted by atomic mass is 10.1. The maximum Gasteiger partial charge on any atom is 0.268 e. The predicted octanol–water partition coefficient (Wildman–Crippen LogP) is 2.34. The van der Waals surface area contributed by atoms with Gasteiger partial charge in [0, 0.05) is 43.3 Å². The van der Waals surface area contributed by atoms with Crippen molar-refractivity contribution >= 4 is 23.5 Å². The number of anilines is 2. The number of nitrogens with one attached hydrogen (secondary N) is 3. The highest BCUT2D eigenvalue weighted by atomic mass is 16.2. The molecule has 154 valence electrons. The Morgan fingerprint density at radius 3 is 2.67 bits per heavy atom. The van der Waals surface area contributed by atoms with Crippen molar-refractivity contribution in [2.45, 2.75) is 26.8 Å². The summed E-state index contributed by atoms with van der Waals surface area (Å²) in [5, 5.41) is 8.73. The first-order chi connectivity index (χ1) is 14.5. The molecule has 3 heterocycles. The van der Waals surface area contributed by atoms with E-state index in [0.29, 0.717) is 24.6 Å². The summed E-state index contributed by atoms with van der Waals surface area (Å²) < 4.78 is 2.06. The second-order valence-electron chi connectivity index (χ2n) is 7.28. The predicted molar refractivity (Wildman–Crippen MR) is 115 cm³/mol. The summed E-state index contributed by atoms with van der Waals surface area (Å²) in [5.74, 6) is 0.401. The summed E-state index contributed by atoms with van der Waals surface area (Å²) in [6.45, 7) is 5.36. The molecule has 0 aliphatic carbocycles. The smallest absolute Gasteiger partial charge is 0.268 e. The van der Waals surface area contributed by atoms with Crippen molar-refractivity contribution in [2.75, 3.05) is 18.9 Å². The Hall–Kier alpha value is -3.68. The lowest BCUT2D eigenvalue weighted by Gasteiger charge is -2.17. The molecule has 2 amide bonds. The molecule has 1 aromatic carbocycles. The normalized spacial score (nSPS) is 12.8. The Balaban J connectivity index is 1.60. The van der Waals surface area contributed by atoms with Crippen LogP contribution in [0.15, 0.2) is 36.5 Å². The largest absolute Gasteiger partial charge is 0.359 e. The van der Waals surface area contributed by atoms with Gasteiger partial charge in [-0.1, -0.05) is 12.1 Å². The molecule has 1 aliphatic heterocycles. The summed E-state index contributed by atoms with van der Waals surface area (Å²) >= 11 is 0. The Bertz CT molecular complexity index is 1120. The summed E-state index contributed by atoms with van der Waals surface area (Å²) in [6.07, 6.45) is 2.05. The van der Waals surface area contributed by atoms with Crippen LogP contribution in [0.2, 0.25) is 0 Å². The third kappa shape index (κ3) is 3.63. The molecule has 0 radical (unpaired) electrons. The van der Waals surface area contributed by atoms with Gasteiger partial charge in [-0.15, -0.1) is 0 Å². The third-order valence-electron chi connectivity index (χ3n) is 5.37. The number of rotatable bonds is 5. The molecule has 1 aliphatic rings. The molecule has 3 N–H and O–H groups in total. The van der Waals surface area contributed by atoms with E-state index < -0.39 is 0 Å². The quantitative estimate of drug-likeness (QED) is 0.606. The van der Waals surface area contributed by atoms with Gasteiger partial charge < -0.3 is 20.5 Å². The first kappa shape index (κ1) is 19.6. The van der Waals surface area contributed by atoms with E-state index in [-0.39, 0.29) is 11.8 Å². The molecule has 0 atom stereocenters. The molecule has 0 saturated carbocycles. The van der Waals surface area contributed by atoms with E-state index in [9.17, 15) is 9.59 Å². The Kier molecular flexibility index (Phi) is 5.22. The molecule has 0 spiro atoms. The number of nitrogens with zero attached hydrogens (tertiary/aromatic N) is 3. The standard InChI is InChI=1S/C22H24N6O2/c1-13-19(14(2)28-11-10-24-21(30)20(13)28)17-8-9-25-22(27-17)26-16-6-4-15(5-7-16)12-18(29)23-3/h4-9H,10-12H2,1-3H3,(H,23,29)(H,24,30)(H,25,26,27). The summed E-state index contributed by atoms with van der Waals surface area (Å²) in [4.78, 5) is 32.8. The van der Waals surface area contributed by atoms with E-state index in [4.69, 9.17) is 0 Å². The molecular formula is C22H24N6O2. The van der Waals surface area contributed by atoms with Gasteiger partial charge >= 0.3 is 0 Å². The average Bonchev–Trinajstić information content (AvgIpc) is 3.01. The van der Waals surface area contributed by atoms with Crippen molar-refractivity contribution in [3.63, 3.8) is 0 Å². The summed E-state index contributed by atoms with van der Waals surface area (Å²) in [5.41, 5.74) is 6.15. The fraction of sp³-hybridized carbons (Fsp3) is 0.273. The number of hydrogen-bond acceptors (Lipinski definition) is 5. The van der Waals surface area contributed by atoms with E-state index in [1.165, 1.54) is 0 Å². The Morgan fingerprint density at radius 2 is 1.97 bits per heavy atom. The zero-order chi connectivity index (χ0) is 21.3. The lowest BCUT2D eigenvalue weighted by Crippen LogP contribution is -2.35. The van der Waals surface area contributed by atoms with Gasteiger partial charge in [0.05, 0.1) is 12.1 Å². The van der Waals surface area contributed by atoms with Crippen LogP contribution in [0, 0.1) is 13.8 Å². The molecule has 30 heavy (non-hydrogen) atoms. The number of benzene rings is 1. The first-order valence-corrected chi connectivity index (χ1v) is 9.85. The Morgan fingerprint density at radius 1 is 1.20 bits per heavy atom. The van der Waals surface area contributed by atoms with Crippen molar-refractivity contribution < 1.29 is 9.59 Å². The number of likely N-dealkylation sites (N-methyl/N-ethyl adjacent to an activating group) is 1. The van der Waals surface area contributed by atoms with Gasteiger partial charge in [-0.2, -0.15) is 0 Å². The molecule has 0 saturated heterocycles. The van der Waals surface area contributed by atoms with Gasteiger partial charge in [-0.25, -0.2) is 9.97 Å². The second-order valence-corrected chi connectivity index (χ2v) is 7.28. The van der Waals surface area contributed by atoms with Crippen LogP contribution in [0.1, 0.15) is 27.3 Å². The topological polar surface area (TPSA) is 101 Å². The maximum absolute atomic E-state index is 12.3. The van der Waals surface area contributed by atoms with Crippen LogP contribution in [0.3, 0.4) is 0 Å². The number of amides is 2. The van der Waals surface area contributed by atoms with Crippen molar-refractivity contribution in [1.29, 1.82) is 0 Å². The molecule has 0 bridgehead atoms. The van der Waals surface area contributed by atoms with E-state index >= 15 is 0 Å². The SMILES string of the molecule is CNC(=O)Cc1ccc(Nc2nccc(-c3c(C)c4n(c3C)CCNC4=O)n2)cc1. The molecule has 3 aromatic rings. The Labute approximate surface area is 174 Å². The van der Waals surface area contributed by atoms with E-state index in [1.807, 2.05) is 44.2 Å². The van der Waals surface area contributed by atoms with Crippen molar-refractivity contribution in [3.8, 4) is 11.3 Å². The minimum Gasteiger partial charge on any atom is -0.359 e. The molecule has 2 aromatic heterocycles. The van der Waals surface area contributed by atoms with Crippen molar-refractivity contribution in [3.05, 3.63) is 59.0 Å². The fourth-order valence-corrected chi connectivity index (χ4v) is 3.88. The van der Waals surface area contributed by atoms with Crippen LogP contribution in [0.5, 0.6) is 0 Å². The van der Waals surface area contributed by atoms with Crippen LogP contribution in [0.4, 0.5) is 11.6 Å². The average molecular weight is 404 g/mol. The molecule has 0 unspecified atom stereocenters. The molecule has 4 rings (SSSR count). The van der Waals surface area contributed by atoms with Crippen molar-refractivity contribution in [2.24, 2.45) is 0 Å². The van der Waals surface area contributed by atoms with E-state index in [0.717, 1.165) is 40.3 Å². The minimum atomic E-state index is -0.0441. The van der Waals surface area contributed by atoms with Crippen LogP contribution >= 0.6 is 0 Å². The minimum absolute atomic E-state index is 0.0265. The van der Waals surface area contributed by atoms with Gasteiger partial charge in [0.1, 0.15) is 5.69 Å². The van der Waals surface area contributed by atoms with Crippen LogP contribution in [-0.4, -0.2) is 39.9 Å².